The van der Waals surface area contributed by atoms with Crippen molar-refractivity contribution in [2.75, 3.05) is 21.3 Å². The summed E-state index contributed by atoms with van der Waals surface area (Å²) >= 11 is 0. The predicted molar refractivity (Wildman–Crippen MR) is 95.5 cm³/mol. The Balaban J connectivity index is 1.79. The zero-order chi connectivity index (χ0) is 18.7. The second-order valence-corrected chi connectivity index (χ2v) is 5.60. The quantitative estimate of drug-likeness (QED) is 0.709. The highest BCUT2D eigenvalue weighted by Gasteiger charge is 2.15. The molecular weight excluding hydrogens is 339 g/mol. The van der Waals surface area contributed by atoms with E-state index in [1.165, 1.54) is 33.5 Å². The number of nitrogens with one attached hydrogen (secondary N) is 2. The summed E-state index contributed by atoms with van der Waals surface area (Å²) in [5, 5.41) is 3.17. The van der Waals surface area contributed by atoms with E-state index >= 15 is 0 Å². The zero-order valence-electron chi connectivity index (χ0n) is 14.7. The van der Waals surface area contributed by atoms with Gasteiger partial charge in [-0.15, -0.1) is 0 Å². The maximum atomic E-state index is 13.8. The lowest BCUT2D eigenvalue weighted by atomic mass is 10.1. The van der Waals surface area contributed by atoms with Crippen LogP contribution in [0.5, 0.6) is 17.2 Å². The fourth-order valence-electron chi connectivity index (χ4n) is 2.76. The molecule has 0 radical (unpaired) electrons. The number of rotatable bonds is 6. The van der Waals surface area contributed by atoms with Crippen molar-refractivity contribution in [2.24, 2.45) is 0 Å². The highest BCUT2D eigenvalue weighted by molar-refractivity contribution is 5.98. The highest BCUT2D eigenvalue weighted by Crippen LogP contribution is 2.38. The molecule has 3 aromatic rings. The van der Waals surface area contributed by atoms with E-state index in [-0.39, 0.29) is 24.0 Å². The second-order valence-electron chi connectivity index (χ2n) is 5.60. The monoisotopic (exact) mass is 358 g/mol. The molecule has 0 bridgehead atoms. The van der Waals surface area contributed by atoms with Crippen molar-refractivity contribution in [2.45, 2.75) is 6.54 Å². The zero-order valence-corrected chi connectivity index (χ0v) is 14.7. The van der Waals surface area contributed by atoms with Crippen molar-refractivity contribution in [3.05, 3.63) is 53.5 Å². The average molecular weight is 358 g/mol. The molecule has 2 aromatic carbocycles. The van der Waals surface area contributed by atoms with Crippen molar-refractivity contribution in [3.63, 3.8) is 0 Å². The van der Waals surface area contributed by atoms with Crippen LogP contribution in [0.4, 0.5) is 4.39 Å². The smallest absolute Gasteiger partial charge is 0.267 e. The molecule has 1 heterocycles. The van der Waals surface area contributed by atoms with Gasteiger partial charge >= 0.3 is 0 Å². The topological polar surface area (TPSA) is 72.6 Å². The molecular formula is C19H19FN2O4. The molecule has 7 heteroatoms. The van der Waals surface area contributed by atoms with Gasteiger partial charge in [0.05, 0.1) is 21.3 Å². The van der Waals surface area contributed by atoms with Gasteiger partial charge in [-0.1, -0.05) is 6.07 Å². The first-order valence-corrected chi connectivity index (χ1v) is 7.91. The van der Waals surface area contributed by atoms with E-state index in [4.69, 9.17) is 14.2 Å². The van der Waals surface area contributed by atoms with Crippen molar-refractivity contribution in [3.8, 4) is 17.2 Å². The van der Waals surface area contributed by atoms with Gasteiger partial charge in [-0.25, -0.2) is 4.39 Å². The van der Waals surface area contributed by atoms with E-state index in [0.29, 0.717) is 28.2 Å². The molecule has 0 unspecified atom stereocenters. The first-order chi connectivity index (χ1) is 12.6. The maximum absolute atomic E-state index is 13.8. The minimum absolute atomic E-state index is 0.243. The number of benzene rings is 2. The van der Waals surface area contributed by atoms with Gasteiger partial charge in [0.2, 0.25) is 5.75 Å². The molecule has 1 aromatic heterocycles. The number of halogens is 1. The number of hydrogen-bond donors (Lipinski definition) is 2. The standard InChI is InChI=1S/C19H19FN2O4/c1-24-16-7-11(8-17(25-2)18(16)26-3)10-21-19(23)15-9-12-13(20)5-4-6-14(12)22-15/h4-9,22H,10H2,1-3H3,(H,21,23). The number of carbonyl (C=O) groups excluding carboxylic acids is 1. The van der Waals surface area contributed by atoms with Gasteiger partial charge in [-0.05, 0) is 35.9 Å². The molecule has 2 N–H and O–H groups in total. The second kappa shape index (κ2) is 7.35. The van der Waals surface area contributed by atoms with Crippen LogP contribution in [0.2, 0.25) is 0 Å². The van der Waals surface area contributed by atoms with Crippen LogP contribution in [0.15, 0.2) is 36.4 Å². The Kier molecular flexibility index (Phi) is 4.97. The van der Waals surface area contributed by atoms with Gasteiger partial charge in [-0.2, -0.15) is 0 Å². The van der Waals surface area contributed by atoms with Crippen LogP contribution < -0.4 is 19.5 Å². The summed E-state index contributed by atoms with van der Waals surface area (Å²) in [6.07, 6.45) is 0. The number of fused-ring (bicyclic) bond motifs is 1. The van der Waals surface area contributed by atoms with Crippen LogP contribution in [0.25, 0.3) is 10.9 Å². The van der Waals surface area contributed by atoms with Crippen molar-refractivity contribution in [1.82, 2.24) is 10.3 Å². The Morgan fingerprint density at radius 2 is 1.77 bits per heavy atom. The number of aromatic amines is 1. The van der Waals surface area contributed by atoms with Crippen LogP contribution in [0, 0.1) is 5.82 Å². The van der Waals surface area contributed by atoms with Crippen LogP contribution in [0.3, 0.4) is 0 Å². The van der Waals surface area contributed by atoms with Crippen LogP contribution in [0.1, 0.15) is 16.1 Å². The molecule has 1 amide bonds. The van der Waals surface area contributed by atoms with E-state index in [1.807, 2.05) is 0 Å². The molecule has 0 fully saturated rings. The summed E-state index contributed by atoms with van der Waals surface area (Å²) in [6.45, 7) is 0.243. The first kappa shape index (κ1) is 17.6. The Labute approximate surface area is 149 Å². The molecule has 6 nitrogen and oxygen atoms in total. The minimum Gasteiger partial charge on any atom is -0.493 e. The number of carbonyl (C=O) groups is 1. The van der Waals surface area contributed by atoms with Gasteiger partial charge < -0.3 is 24.5 Å². The molecule has 0 spiro atoms. The SMILES string of the molecule is COc1cc(CNC(=O)c2cc3c(F)cccc3[nH]2)cc(OC)c1OC. The lowest BCUT2D eigenvalue weighted by Crippen LogP contribution is -2.23. The van der Waals surface area contributed by atoms with E-state index in [9.17, 15) is 9.18 Å². The molecule has 0 aliphatic heterocycles. The molecule has 0 atom stereocenters. The fraction of sp³-hybridized carbons (Fsp3) is 0.211. The van der Waals surface area contributed by atoms with E-state index < -0.39 is 0 Å². The summed E-state index contributed by atoms with van der Waals surface area (Å²) in [7, 11) is 4.58. The van der Waals surface area contributed by atoms with Gasteiger partial charge in [-0.3, -0.25) is 4.79 Å². The first-order valence-electron chi connectivity index (χ1n) is 7.91. The van der Waals surface area contributed by atoms with Crippen LogP contribution in [-0.2, 0) is 6.54 Å². The fourth-order valence-corrected chi connectivity index (χ4v) is 2.76. The maximum Gasteiger partial charge on any atom is 0.267 e. The summed E-state index contributed by atoms with van der Waals surface area (Å²) < 4.78 is 29.6. The highest BCUT2D eigenvalue weighted by atomic mass is 19.1. The van der Waals surface area contributed by atoms with Crippen molar-refractivity contribution >= 4 is 16.8 Å². The third-order valence-corrected chi connectivity index (χ3v) is 4.03. The normalized spacial score (nSPS) is 10.6. The van der Waals surface area contributed by atoms with E-state index in [1.54, 1.807) is 24.3 Å². The number of amides is 1. The Bertz CT molecular complexity index is 927. The molecule has 0 aliphatic carbocycles. The third-order valence-electron chi connectivity index (χ3n) is 4.03. The minimum atomic E-state index is -0.373. The van der Waals surface area contributed by atoms with Gasteiger partial charge in [0.25, 0.3) is 5.91 Å². The van der Waals surface area contributed by atoms with Gasteiger partial charge in [0.15, 0.2) is 11.5 Å². The molecule has 0 saturated carbocycles. The Morgan fingerprint density at radius 1 is 1.08 bits per heavy atom. The molecule has 0 saturated heterocycles. The summed E-state index contributed by atoms with van der Waals surface area (Å²) in [5.74, 6) is 0.778. The Morgan fingerprint density at radius 3 is 2.35 bits per heavy atom. The van der Waals surface area contributed by atoms with Crippen molar-refractivity contribution in [1.29, 1.82) is 0 Å². The van der Waals surface area contributed by atoms with Gasteiger partial charge in [0, 0.05) is 17.4 Å². The molecule has 3 rings (SSSR count). The summed E-state index contributed by atoms with van der Waals surface area (Å²) in [5.41, 5.74) is 1.63. The number of ether oxygens (including phenoxy) is 3. The number of H-pyrrole nitrogens is 1. The van der Waals surface area contributed by atoms with Crippen LogP contribution in [-0.4, -0.2) is 32.2 Å². The number of aromatic nitrogens is 1. The summed E-state index contributed by atoms with van der Waals surface area (Å²) in [6, 6.07) is 9.67. The van der Waals surface area contributed by atoms with Crippen molar-refractivity contribution < 1.29 is 23.4 Å². The largest absolute Gasteiger partial charge is 0.493 e. The molecule has 0 aliphatic rings. The van der Waals surface area contributed by atoms with Crippen LogP contribution >= 0.6 is 0 Å². The third kappa shape index (κ3) is 3.28. The average Bonchev–Trinajstić information content (AvgIpc) is 3.11. The Hall–Kier alpha value is -3.22. The lowest BCUT2D eigenvalue weighted by Gasteiger charge is -2.14. The predicted octanol–water partition coefficient (Wildman–Crippen LogP) is 3.26. The van der Waals surface area contributed by atoms with E-state index in [0.717, 1.165) is 5.56 Å². The molecule has 26 heavy (non-hydrogen) atoms. The summed E-state index contributed by atoms with van der Waals surface area (Å²) in [4.78, 5) is 15.3. The number of methoxy groups -OCH3 is 3. The molecule has 136 valence electrons. The van der Waals surface area contributed by atoms with Gasteiger partial charge in [0.1, 0.15) is 11.5 Å². The lowest BCUT2D eigenvalue weighted by molar-refractivity contribution is 0.0946. The number of hydrogen-bond acceptors (Lipinski definition) is 4. The van der Waals surface area contributed by atoms with E-state index in [2.05, 4.69) is 10.3 Å².